The van der Waals surface area contributed by atoms with Crippen molar-refractivity contribution in [2.24, 2.45) is 4.99 Å². The molecule has 0 aromatic carbocycles. The van der Waals surface area contributed by atoms with E-state index in [-0.39, 0.29) is 24.0 Å². The molecule has 0 aliphatic rings. The second-order valence-corrected chi connectivity index (χ2v) is 7.80. The normalized spacial score (nSPS) is 11.7. The molecule has 0 fully saturated rings. The largest absolute Gasteiger partial charge is 0.351 e. The van der Waals surface area contributed by atoms with Gasteiger partial charge in [0.25, 0.3) is 0 Å². The number of nitrogens with one attached hydrogen (secondary N) is 2. The van der Waals surface area contributed by atoms with Gasteiger partial charge >= 0.3 is 0 Å². The molecule has 0 bridgehead atoms. The Morgan fingerprint density at radius 3 is 2.69 bits per heavy atom. The molecule has 0 unspecified atom stereocenters. The van der Waals surface area contributed by atoms with Crippen molar-refractivity contribution in [1.29, 1.82) is 0 Å². The molecule has 0 spiro atoms. The molecule has 26 heavy (non-hydrogen) atoms. The number of halogens is 2. The van der Waals surface area contributed by atoms with Crippen molar-refractivity contribution in [3.05, 3.63) is 50.8 Å². The Balaban J connectivity index is 0.00000243. The highest BCUT2D eigenvalue weighted by Gasteiger charge is 2.07. The van der Waals surface area contributed by atoms with Gasteiger partial charge in [0.05, 0.1) is 24.5 Å². The maximum absolute atomic E-state index is 4.62. The van der Waals surface area contributed by atoms with Crippen LogP contribution in [0.4, 0.5) is 0 Å². The lowest BCUT2D eigenvalue weighted by molar-refractivity contribution is 0.780. The van der Waals surface area contributed by atoms with Crippen LogP contribution in [0.15, 0.2) is 39.4 Å². The number of fused-ring (bicyclic) bond motifs is 1. The maximum Gasteiger partial charge on any atom is 0.191 e. The Kier molecular flexibility index (Phi) is 7.84. The minimum absolute atomic E-state index is 0. The Bertz CT molecular complexity index is 888. The zero-order valence-electron chi connectivity index (χ0n) is 14.9. The summed E-state index contributed by atoms with van der Waals surface area (Å²) in [4.78, 5) is 13.5. The van der Waals surface area contributed by atoms with Crippen molar-refractivity contribution < 1.29 is 0 Å². The van der Waals surface area contributed by atoms with Crippen molar-refractivity contribution >= 4 is 62.9 Å². The molecular weight excluding hydrogens is 527 g/mol. The van der Waals surface area contributed by atoms with E-state index in [1.54, 1.807) is 18.4 Å². The third-order valence-electron chi connectivity index (χ3n) is 3.69. The Morgan fingerprint density at radius 1 is 1.23 bits per heavy atom. The molecule has 0 saturated carbocycles. The first-order valence-electron chi connectivity index (χ1n) is 8.07. The first-order chi connectivity index (χ1) is 12.0. The van der Waals surface area contributed by atoms with Crippen molar-refractivity contribution in [3.63, 3.8) is 0 Å². The number of nitrogens with zero attached hydrogens (tertiary/aromatic N) is 4. The summed E-state index contributed by atoms with van der Waals surface area (Å²) in [5.74, 6) is 1.19. The maximum atomic E-state index is 4.62. The quantitative estimate of drug-likeness (QED) is 0.285. The second-order valence-electron chi connectivity index (χ2n) is 5.95. The van der Waals surface area contributed by atoms with Gasteiger partial charge in [-0.15, -0.1) is 35.3 Å². The summed E-state index contributed by atoms with van der Waals surface area (Å²) in [6.45, 7) is 5.57. The Morgan fingerprint density at radius 2 is 2.00 bits per heavy atom. The van der Waals surface area contributed by atoms with Crippen LogP contribution in [0.3, 0.4) is 0 Å². The van der Waals surface area contributed by atoms with Gasteiger partial charge in [0, 0.05) is 29.3 Å². The standard InChI is InChI=1S/C17H21BrN6S.HI/c1-11(2)14-10-25-16(23-14)7-21-17(19-3)20-6-13-9-24-8-12(18)4-5-15(24)22-13;/h4-5,8-11H,6-7H2,1-3H3,(H2,19,20,21);1H. The van der Waals surface area contributed by atoms with Crippen LogP contribution in [0.25, 0.3) is 5.65 Å². The summed E-state index contributed by atoms with van der Waals surface area (Å²) < 4.78 is 3.03. The SMILES string of the molecule is CN=C(NCc1cn2cc(Br)ccc2n1)NCc1nc(C(C)C)cs1.I. The molecule has 0 aliphatic carbocycles. The zero-order chi connectivity index (χ0) is 17.8. The molecule has 2 N–H and O–H groups in total. The summed E-state index contributed by atoms with van der Waals surface area (Å²) in [5.41, 5.74) is 3.02. The van der Waals surface area contributed by atoms with E-state index in [2.05, 4.69) is 60.8 Å². The highest BCUT2D eigenvalue weighted by atomic mass is 127. The lowest BCUT2D eigenvalue weighted by atomic mass is 10.2. The zero-order valence-corrected chi connectivity index (χ0v) is 19.6. The van der Waals surface area contributed by atoms with Crippen molar-refractivity contribution in [2.75, 3.05) is 7.05 Å². The van der Waals surface area contributed by atoms with Crippen molar-refractivity contribution in [3.8, 4) is 0 Å². The van der Waals surface area contributed by atoms with Gasteiger partial charge < -0.3 is 15.0 Å². The number of aromatic nitrogens is 3. The van der Waals surface area contributed by atoms with Crippen LogP contribution in [0.1, 0.15) is 36.2 Å². The van der Waals surface area contributed by atoms with Gasteiger partial charge in [-0.2, -0.15) is 0 Å². The molecule has 3 rings (SSSR count). The average Bonchev–Trinajstić information content (AvgIpc) is 3.21. The van der Waals surface area contributed by atoms with E-state index in [4.69, 9.17) is 0 Å². The topological polar surface area (TPSA) is 66.6 Å². The Labute approximate surface area is 182 Å². The van der Waals surface area contributed by atoms with E-state index < -0.39 is 0 Å². The predicted octanol–water partition coefficient (Wildman–Crippen LogP) is 4.16. The molecule has 3 aromatic rings. The summed E-state index contributed by atoms with van der Waals surface area (Å²) in [6, 6.07) is 3.97. The number of guanidine groups is 1. The fourth-order valence-corrected chi connectivity index (χ4v) is 3.58. The highest BCUT2D eigenvalue weighted by Crippen LogP contribution is 2.17. The number of hydrogen-bond donors (Lipinski definition) is 2. The van der Waals surface area contributed by atoms with Crippen molar-refractivity contribution in [2.45, 2.75) is 32.9 Å². The smallest absolute Gasteiger partial charge is 0.191 e. The molecule has 9 heteroatoms. The fraction of sp³-hybridized carbons (Fsp3) is 0.353. The van der Waals surface area contributed by atoms with E-state index in [9.17, 15) is 0 Å². The van der Waals surface area contributed by atoms with Gasteiger partial charge in [0.1, 0.15) is 10.7 Å². The van der Waals surface area contributed by atoms with Crippen LogP contribution >= 0.6 is 51.2 Å². The molecular formula is C17H22BrIN6S. The number of pyridine rings is 1. The van der Waals surface area contributed by atoms with Crippen LogP contribution in [-0.4, -0.2) is 27.4 Å². The molecule has 140 valence electrons. The predicted molar refractivity (Wildman–Crippen MR) is 122 cm³/mol. The van der Waals surface area contributed by atoms with E-state index in [0.717, 1.165) is 32.5 Å². The molecule has 3 aromatic heterocycles. The first-order valence-corrected chi connectivity index (χ1v) is 9.74. The third kappa shape index (κ3) is 5.40. The van der Waals surface area contributed by atoms with Gasteiger partial charge in [-0.25, -0.2) is 9.97 Å². The molecule has 6 nitrogen and oxygen atoms in total. The number of aliphatic imine (C=N–C) groups is 1. The van der Waals surface area contributed by atoms with Gasteiger partial charge in [-0.05, 0) is 34.0 Å². The van der Waals surface area contributed by atoms with E-state index >= 15 is 0 Å². The van der Waals surface area contributed by atoms with E-state index in [0.29, 0.717) is 19.0 Å². The molecule has 0 atom stereocenters. The summed E-state index contributed by atoms with van der Waals surface area (Å²) in [6.07, 6.45) is 4.00. The third-order valence-corrected chi connectivity index (χ3v) is 5.03. The van der Waals surface area contributed by atoms with Gasteiger partial charge in [0.15, 0.2) is 5.96 Å². The average molecular weight is 549 g/mol. The number of imidazole rings is 1. The van der Waals surface area contributed by atoms with Crippen LogP contribution < -0.4 is 10.6 Å². The van der Waals surface area contributed by atoms with Gasteiger partial charge in [-0.3, -0.25) is 4.99 Å². The summed E-state index contributed by atoms with van der Waals surface area (Å²) in [5, 5.41) is 9.76. The van der Waals surface area contributed by atoms with Crippen LogP contribution in [0.2, 0.25) is 0 Å². The van der Waals surface area contributed by atoms with E-state index in [1.807, 2.05) is 28.9 Å². The lowest BCUT2D eigenvalue weighted by Crippen LogP contribution is -2.36. The lowest BCUT2D eigenvalue weighted by Gasteiger charge is -2.09. The minimum Gasteiger partial charge on any atom is -0.351 e. The number of hydrogen-bond acceptors (Lipinski definition) is 4. The number of rotatable bonds is 5. The van der Waals surface area contributed by atoms with Crippen LogP contribution in [0, 0.1) is 0 Å². The highest BCUT2D eigenvalue weighted by molar-refractivity contribution is 14.0. The molecule has 0 amide bonds. The number of thiazole rings is 1. The van der Waals surface area contributed by atoms with Gasteiger partial charge in [-0.1, -0.05) is 13.8 Å². The molecule has 0 saturated heterocycles. The van der Waals surface area contributed by atoms with Crippen LogP contribution in [0.5, 0.6) is 0 Å². The monoisotopic (exact) mass is 548 g/mol. The van der Waals surface area contributed by atoms with Crippen molar-refractivity contribution in [1.82, 2.24) is 25.0 Å². The van der Waals surface area contributed by atoms with E-state index in [1.165, 1.54) is 0 Å². The summed E-state index contributed by atoms with van der Waals surface area (Å²) >= 11 is 5.14. The second kappa shape index (κ2) is 9.65. The minimum atomic E-state index is 0. The molecule has 0 aliphatic heterocycles. The first kappa shape index (κ1) is 21.1. The van der Waals surface area contributed by atoms with Gasteiger partial charge in [0.2, 0.25) is 0 Å². The Hall–Kier alpha value is -1.20. The molecule has 3 heterocycles. The fourth-order valence-electron chi connectivity index (χ4n) is 2.33. The van der Waals surface area contributed by atoms with Crippen LogP contribution in [-0.2, 0) is 13.1 Å². The summed E-state index contributed by atoms with van der Waals surface area (Å²) in [7, 11) is 1.76. The molecule has 0 radical (unpaired) electrons.